The molecule has 4 nitrogen and oxygen atoms in total. The number of hydrogen-bond donors (Lipinski definition) is 1. The maximum Gasteiger partial charge on any atom is 0.0969 e. The summed E-state index contributed by atoms with van der Waals surface area (Å²) in [6.07, 6.45) is 0.918. The number of aromatic nitrogens is 2. The van der Waals surface area contributed by atoms with Gasteiger partial charge < -0.3 is 9.84 Å². The fourth-order valence-corrected chi connectivity index (χ4v) is 2.11. The minimum Gasteiger partial charge on any atom is -0.389 e. The predicted molar refractivity (Wildman–Crippen MR) is 79.1 cm³/mol. The molecule has 0 radical (unpaired) electrons. The van der Waals surface area contributed by atoms with Gasteiger partial charge in [-0.3, -0.25) is 4.68 Å². The maximum atomic E-state index is 9.92. The molecule has 2 rings (SSSR count). The first kappa shape index (κ1) is 15.3. The molecule has 0 aliphatic rings. The Balaban J connectivity index is 1.80. The number of ether oxygens (including phenoxy) is 1. The van der Waals surface area contributed by atoms with Crippen LogP contribution in [0.15, 0.2) is 30.5 Å². The topological polar surface area (TPSA) is 47.3 Å². The monoisotopic (exact) mass is 314 g/mol. The standard InChI is InChI=1S/C14H16Cl2N2O2/c1-10-14(16)6-17-18(10)7-12(19)9-20-8-11-4-2-3-5-13(11)15/h2-6,12,19H,7-9H2,1H3. The van der Waals surface area contributed by atoms with E-state index in [1.54, 1.807) is 10.9 Å². The Hall–Kier alpha value is -1.07. The summed E-state index contributed by atoms with van der Waals surface area (Å²) in [5.74, 6) is 0. The highest BCUT2D eigenvalue weighted by Crippen LogP contribution is 2.16. The van der Waals surface area contributed by atoms with Gasteiger partial charge in [-0.2, -0.15) is 5.10 Å². The summed E-state index contributed by atoms with van der Waals surface area (Å²) in [5.41, 5.74) is 1.73. The first-order chi connectivity index (χ1) is 9.58. The highest BCUT2D eigenvalue weighted by atomic mass is 35.5. The SMILES string of the molecule is Cc1c(Cl)cnn1CC(O)COCc1ccccc1Cl. The van der Waals surface area contributed by atoms with E-state index in [9.17, 15) is 5.11 Å². The van der Waals surface area contributed by atoms with E-state index in [1.807, 2.05) is 31.2 Å². The number of nitrogens with zero attached hydrogens (tertiary/aromatic N) is 2. The fraction of sp³-hybridized carbons (Fsp3) is 0.357. The number of halogens is 2. The summed E-state index contributed by atoms with van der Waals surface area (Å²) in [5, 5.41) is 15.3. The molecule has 1 atom stereocenters. The second-order valence-electron chi connectivity index (χ2n) is 4.52. The number of benzene rings is 1. The summed E-state index contributed by atoms with van der Waals surface area (Å²) in [4.78, 5) is 0. The van der Waals surface area contributed by atoms with E-state index in [2.05, 4.69) is 5.10 Å². The molecule has 0 spiro atoms. The minimum absolute atomic E-state index is 0.210. The zero-order chi connectivity index (χ0) is 14.5. The molecule has 6 heteroatoms. The van der Waals surface area contributed by atoms with Crippen molar-refractivity contribution in [3.8, 4) is 0 Å². The van der Waals surface area contributed by atoms with Crippen molar-refractivity contribution in [3.05, 3.63) is 51.8 Å². The largest absolute Gasteiger partial charge is 0.389 e. The van der Waals surface area contributed by atoms with Gasteiger partial charge in [0.05, 0.1) is 42.8 Å². The molecule has 0 bridgehead atoms. The van der Waals surface area contributed by atoms with E-state index in [0.29, 0.717) is 23.2 Å². The van der Waals surface area contributed by atoms with Crippen molar-refractivity contribution in [1.29, 1.82) is 0 Å². The third-order valence-electron chi connectivity index (χ3n) is 2.95. The van der Waals surface area contributed by atoms with Crippen LogP contribution < -0.4 is 0 Å². The van der Waals surface area contributed by atoms with Crippen LogP contribution in [0, 0.1) is 6.92 Å². The van der Waals surface area contributed by atoms with Gasteiger partial charge in [0.1, 0.15) is 0 Å². The molecule has 108 valence electrons. The van der Waals surface area contributed by atoms with Crippen molar-refractivity contribution in [2.24, 2.45) is 0 Å². The lowest BCUT2D eigenvalue weighted by Crippen LogP contribution is -2.23. The van der Waals surface area contributed by atoms with E-state index < -0.39 is 6.10 Å². The van der Waals surface area contributed by atoms with E-state index in [0.717, 1.165) is 11.3 Å². The Labute approximate surface area is 127 Å². The highest BCUT2D eigenvalue weighted by Gasteiger charge is 2.10. The van der Waals surface area contributed by atoms with Gasteiger partial charge in [-0.05, 0) is 18.6 Å². The molecule has 0 saturated carbocycles. The lowest BCUT2D eigenvalue weighted by molar-refractivity contribution is 0.0184. The normalized spacial score (nSPS) is 12.6. The molecule has 0 fully saturated rings. The Bertz CT molecular complexity index is 572. The van der Waals surface area contributed by atoms with Gasteiger partial charge in [0.25, 0.3) is 0 Å². The molecule has 1 unspecified atom stereocenters. The van der Waals surface area contributed by atoms with Gasteiger partial charge in [0.2, 0.25) is 0 Å². The van der Waals surface area contributed by atoms with Crippen LogP contribution in [0.5, 0.6) is 0 Å². The second-order valence-corrected chi connectivity index (χ2v) is 5.33. The predicted octanol–water partition coefficient (Wildman–Crippen LogP) is 3.08. The molecule has 1 heterocycles. The van der Waals surface area contributed by atoms with E-state index in [1.165, 1.54) is 0 Å². The first-order valence-corrected chi connectivity index (χ1v) is 7.00. The first-order valence-electron chi connectivity index (χ1n) is 6.25. The second kappa shape index (κ2) is 7.09. The smallest absolute Gasteiger partial charge is 0.0969 e. The summed E-state index contributed by atoms with van der Waals surface area (Å²) >= 11 is 11.9. The maximum absolute atomic E-state index is 9.92. The number of aliphatic hydroxyl groups excluding tert-OH is 1. The third kappa shape index (κ3) is 3.96. The van der Waals surface area contributed by atoms with E-state index in [4.69, 9.17) is 27.9 Å². The van der Waals surface area contributed by atoms with Crippen LogP contribution in [-0.4, -0.2) is 27.6 Å². The Morgan fingerprint density at radius 2 is 2.05 bits per heavy atom. The van der Waals surface area contributed by atoms with Crippen molar-refractivity contribution in [1.82, 2.24) is 9.78 Å². The lowest BCUT2D eigenvalue weighted by atomic mass is 10.2. The average Bonchev–Trinajstić information content (AvgIpc) is 2.73. The van der Waals surface area contributed by atoms with Crippen LogP contribution in [0.4, 0.5) is 0 Å². The van der Waals surface area contributed by atoms with Crippen LogP contribution in [0.3, 0.4) is 0 Å². The van der Waals surface area contributed by atoms with Crippen molar-refractivity contribution in [2.45, 2.75) is 26.2 Å². The molecule has 0 saturated heterocycles. The fourth-order valence-electron chi connectivity index (χ4n) is 1.78. The molecule has 1 N–H and O–H groups in total. The Kier molecular flexibility index (Phi) is 5.43. The van der Waals surface area contributed by atoms with E-state index in [-0.39, 0.29) is 6.61 Å². The van der Waals surface area contributed by atoms with Gasteiger partial charge in [-0.25, -0.2) is 0 Å². The summed E-state index contributed by atoms with van der Waals surface area (Å²) < 4.78 is 7.13. The van der Waals surface area contributed by atoms with Crippen molar-refractivity contribution in [3.63, 3.8) is 0 Å². The molecule has 0 amide bonds. The van der Waals surface area contributed by atoms with Gasteiger partial charge in [-0.1, -0.05) is 41.4 Å². The molecular weight excluding hydrogens is 299 g/mol. The van der Waals surface area contributed by atoms with Crippen LogP contribution in [0.1, 0.15) is 11.3 Å². The highest BCUT2D eigenvalue weighted by molar-refractivity contribution is 6.31. The van der Waals surface area contributed by atoms with Gasteiger partial charge in [-0.15, -0.1) is 0 Å². The van der Waals surface area contributed by atoms with Crippen molar-refractivity contribution in [2.75, 3.05) is 6.61 Å². The Morgan fingerprint density at radius 1 is 1.30 bits per heavy atom. The zero-order valence-corrected chi connectivity index (χ0v) is 12.6. The molecule has 1 aromatic carbocycles. The zero-order valence-electron chi connectivity index (χ0n) is 11.1. The van der Waals surface area contributed by atoms with Crippen LogP contribution in [0.25, 0.3) is 0 Å². The third-order valence-corrected chi connectivity index (χ3v) is 3.69. The number of hydrogen-bond acceptors (Lipinski definition) is 3. The summed E-state index contributed by atoms with van der Waals surface area (Å²) in [6.45, 7) is 2.78. The summed E-state index contributed by atoms with van der Waals surface area (Å²) in [6, 6.07) is 7.47. The van der Waals surface area contributed by atoms with Gasteiger partial charge >= 0.3 is 0 Å². The van der Waals surface area contributed by atoms with Crippen molar-refractivity contribution >= 4 is 23.2 Å². The molecule has 2 aromatic rings. The number of aliphatic hydroxyl groups is 1. The molecule has 0 aliphatic heterocycles. The minimum atomic E-state index is -0.646. The quantitative estimate of drug-likeness (QED) is 0.891. The lowest BCUT2D eigenvalue weighted by Gasteiger charge is -2.13. The summed E-state index contributed by atoms with van der Waals surface area (Å²) in [7, 11) is 0. The van der Waals surface area contributed by atoms with Gasteiger partial charge in [0.15, 0.2) is 0 Å². The molecule has 0 aliphatic carbocycles. The van der Waals surface area contributed by atoms with Crippen LogP contribution >= 0.6 is 23.2 Å². The Morgan fingerprint density at radius 3 is 2.70 bits per heavy atom. The molecular formula is C14H16Cl2N2O2. The van der Waals surface area contributed by atoms with E-state index >= 15 is 0 Å². The molecule has 1 aromatic heterocycles. The van der Waals surface area contributed by atoms with Crippen LogP contribution in [0.2, 0.25) is 10.0 Å². The van der Waals surface area contributed by atoms with Crippen LogP contribution in [-0.2, 0) is 17.9 Å². The molecule has 20 heavy (non-hydrogen) atoms. The number of rotatable bonds is 6. The van der Waals surface area contributed by atoms with Crippen molar-refractivity contribution < 1.29 is 9.84 Å². The van der Waals surface area contributed by atoms with Gasteiger partial charge in [0, 0.05) is 5.02 Å². The average molecular weight is 315 g/mol.